The maximum atomic E-state index is 12.2. The summed E-state index contributed by atoms with van der Waals surface area (Å²) in [6, 6.07) is 17.6. The Balaban J connectivity index is 1.85. The van der Waals surface area contributed by atoms with Gasteiger partial charge in [-0.3, -0.25) is 4.79 Å². The molecule has 1 aliphatic heterocycles. The zero-order valence-corrected chi connectivity index (χ0v) is 13.1. The second-order valence-corrected chi connectivity index (χ2v) is 6.05. The molecule has 2 aromatic carbocycles. The van der Waals surface area contributed by atoms with E-state index >= 15 is 0 Å². The van der Waals surface area contributed by atoms with Crippen molar-refractivity contribution in [3.63, 3.8) is 0 Å². The molecule has 3 nitrogen and oxygen atoms in total. The van der Waals surface area contributed by atoms with E-state index in [1.807, 2.05) is 60.7 Å². The second-order valence-electron chi connectivity index (χ2n) is 5.13. The number of aromatic nitrogens is 1. The Hall–Kier alpha value is -2.46. The van der Waals surface area contributed by atoms with Gasteiger partial charge in [0.2, 0.25) is 0 Å². The number of benzene rings is 2. The van der Waals surface area contributed by atoms with Gasteiger partial charge in [-0.15, -0.1) is 0 Å². The van der Waals surface area contributed by atoms with Gasteiger partial charge in [0.25, 0.3) is 5.91 Å². The summed E-state index contributed by atoms with van der Waals surface area (Å²) in [5.74, 6) is -0.0944. The van der Waals surface area contributed by atoms with Crippen LogP contribution in [0.5, 0.6) is 0 Å². The van der Waals surface area contributed by atoms with Crippen LogP contribution in [0.25, 0.3) is 22.6 Å². The second kappa shape index (κ2) is 5.07. The van der Waals surface area contributed by atoms with Gasteiger partial charge < -0.3 is 5.32 Å². The SMILES string of the molecule is O=C1Nc2ccc(Br)cc2/C1=C/c1ccc2ccccc2n1. The first-order chi connectivity index (χ1) is 10.7. The number of fused-ring (bicyclic) bond motifs is 2. The van der Waals surface area contributed by atoms with Crippen LogP contribution in [-0.4, -0.2) is 10.9 Å². The number of hydrogen-bond acceptors (Lipinski definition) is 2. The molecule has 1 aromatic heterocycles. The predicted octanol–water partition coefficient (Wildman–Crippen LogP) is 4.49. The molecule has 0 saturated heterocycles. The molecule has 1 N–H and O–H groups in total. The number of anilines is 1. The molecule has 0 bridgehead atoms. The van der Waals surface area contributed by atoms with Gasteiger partial charge in [0.05, 0.1) is 16.8 Å². The van der Waals surface area contributed by atoms with E-state index in [-0.39, 0.29) is 5.91 Å². The molecular weight excluding hydrogens is 340 g/mol. The lowest BCUT2D eigenvalue weighted by atomic mass is 10.1. The topological polar surface area (TPSA) is 42.0 Å². The van der Waals surface area contributed by atoms with E-state index in [1.165, 1.54) is 0 Å². The van der Waals surface area contributed by atoms with Crippen LogP contribution in [0.4, 0.5) is 5.69 Å². The van der Waals surface area contributed by atoms with Crippen molar-refractivity contribution >= 4 is 50.1 Å². The molecule has 1 amide bonds. The summed E-state index contributed by atoms with van der Waals surface area (Å²) in [7, 11) is 0. The van der Waals surface area contributed by atoms with Crippen molar-refractivity contribution in [2.45, 2.75) is 0 Å². The molecule has 0 radical (unpaired) electrons. The fraction of sp³-hybridized carbons (Fsp3) is 0. The summed E-state index contributed by atoms with van der Waals surface area (Å²) in [6.07, 6.45) is 1.83. The monoisotopic (exact) mass is 350 g/mol. The van der Waals surface area contributed by atoms with Gasteiger partial charge >= 0.3 is 0 Å². The highest BCUT2D eigenvalue weighted by molar-refractivity contribution is 9.10. The number of rotatable bonds is 1. The van der Waals surface area contributed by atoms with E-state index in [9.17, 15) is 4.79 Å². The largest absolute Gasteiger partial charge is 0.321 e. The minimum absolute atomic E-state index is 0.0944. The standard InChI is InChI=1S/C18H11BrN2O/c19-12-6-8-17-14(9-12)15(18(22)21-17)10-13-7-5-11-3-1-2-4-16(11)20-13/h1-10H,(H,21,22)/b15-10-. The number of nitrogens with one attached hydrogen (secondary N) is 1. The maximum Gasteiger partial charge on any atom is 0.256 e. The highest BCUT2D eigenvalue weighted by Gasteiger charge is 2.24. The van der Waals surface area contributed by atoms with E-state index < -0.39 is 0 Å². The number of hydrogen-bond donors (Lipinski definition) is 1. The summed E-state index contributed by atoms with van der Waals surface area (Å²) in [6.45, 7) is 0. The third kappa shape index (κ3) is 2.22. The molecule has 1 aliphatic rings. The van der Waals surface area contributed by atoms with Gasteiger partial charge in [-0.05, 0) is 36.4 Å². The lowest BCUT2D eigenvalue weighted by Gasteiger charge is -2.01. The highest BCUT2D eigenvalue weighted by Crippen LogP contribution is 2.34. The lowest BCUT2D eigenvalue weighted by molar-refractivity contribution is -0.110. The summed E-state index contributed by atoms with van der Waals surface area (Å²) < 4.78 is 0.945. The molecule has 0 spiro atoms. The number of para-hydroxylation sites is 1. The van der Waals surface area contributed by atoms with Gasteiger partial charge in [0, 0.05) is 21.1 Å². The number of amides is 1. The van der Waals surface area contributed by atoms with Crippen LogP contribution in [0.15, 0.2) is 59.1 Å². The van der Waals surface area contributed by atoms with Crippen LogP contribution < -0.4 is 5.32 Å². The van der Waals surface area contributed by atoms with Crippen molar-refractivity contribution in [1.29, 1.82) is 0 Å². The molecular formula is C18H11BrN2O. The van der Waals surface area contributed by atoms with E-state index in [1.54, 1.807) is 0 Å². The number of halogens is 1. The zero-order valence-electron chi connectivity index (χ0n) is 11.5. The van der Waals surface area contributed by atoms with Gasteiger partial charge in [-0.2, -0.15) is 0 Å². The molecule has 0 saturated carbocycles. The van der Waals surface area contributed by atoms with E-state index in [2.05, 4.69) is 26.2 Å². The van der Waals surface area contributed by atoms with Gasteiger partial charge in [-0.1, -0.05) is 40.2 Å². The van der Waals surface area contributed by atoms with Gasteiger partial charge in [0.1, 0.15) is 0 Å². The van der Waals surface area contributed by atoms with Crippen LogP contribution in [0.2, 0.25) is 0 Å². The number of pyridine rings is 1. The molecule has 4 heteroatoms. The Morgan fingerprint density at radius 1 is 1.05 bits per heavy atom. The first-order valence-corrected chi connectivity index (χ1v) is 7.69. The molecule has 0 aliphatic carbocycles. The average molecular weight is 351 g/mol. The fourth-order valence-corrected chi connectivity index (χ4v) is 2.97. The lowest BCUT2D eigenvalue weighted by Crippen LogP contribution is -2.03. The Morgan fingerprint density at radius 3 is 2.82 bits per heavy atom. The minimum atomic E-state index is -0.0944. The summed E-state index contributed by atoms with van der Waals surface area (Å²) in [4.78, 5) is 16.8. The fourth-order valence-electron chi connectivity index (χ4n) is 2.61. The molecule has 3 aromatic rings. The first-order valence-electron chi connectivity index (χ1n) is 6.89. The third-order valence-electron chi connectivity index (χ3n) is 3.68. The molecule has 0 unspecified atom stereocenters. The summed E-state index contributed by atoms with van der Waals surface area (Å²) >= 11 is 3.45. The highest BCUT2D eigenvalue weighted by atomic mass is 79.9. The van der Waals surface area contributed by atoms with Gasteiger partial charge in [0.15, 0.2) is 0 Å². The van der Waals surface area contributed by atoms with Crippen molar-refractivity contribution in [3.8, 4) is 0 Å². The maximum absolute atomic E-state index is 12.2. The normalized spacial score (nSPS) is 15.1. The zero-order chi connectivity index (χ0) is 15.1. The molecule has 2 heterocycles. The Kier molecular flexibility index (Phi) is 3.05. The van der Waals surface area contributed by atoms with Crippen LogP contribution in [-0.2, 0) is 4.79 Å². The average Bonchev–Trinajstić information content (AvgIpc) is 2.83. The van der Waals surface area contributed by atoms with E-state index in [0.717, 1.165) is 32.3 Å². The molecule has 22 heavy (non-hydrogen) atoms. The van der Waals surface area contributed by atoms with Crippen LogP contribution >= 0.6 is 15.9 Å². The van der Waals surface area contributed by atoms with Crippen molar-refractivity contribution in [1.82, 2.24) is 4.98 Å². The first kappa shape index (κ1) is 13.2. The minimum Gasteiger partial charge on any atom is -0.321 e. The summed E-state index contributed by atoms with van der Waals surface area (Å²) in [5.41, 5.74) is 4.06. The number of carbonyl (C=O) groups excluding carboxylic acids is 1. The predicted molar refractivity (Wildman–Crippen MR) is 92.4 cm³/mol. The van der Waals surface area contributed by atoms with Crippen LogP contribution in [0.3, 0.4) is 0 Å². The van der Waals surface area contributed by atoms with Gasteiger partial charge in [-0.25, -0.2) is 4.98 Å². The number of nitrogens with zero attached hydrogens (tertiary/aromatic N) is 1. The van der Waals surface area contributed by atoms with Crippen molar-refractivity contribution in [2.75, 3.05) is 5.32 Å². The van der Waals surface area contributed by atoms with E-state index in [4.69, 9.17) is 0 Å². The molecule has 0 fully saturated rings. The Labute approximate surface area is 135 Å². The molecule has 0 atom stereocenters. The number of carbonyl (C=O) groups is 1. The van der Waals surface area contributed by atoms with Crippen molar-refractivity contribution in [3.05, 3.63) is 70.3 Å². The van der Waals surface area contributed by atoms with Crippen LogP contribution in [0, 0.1) is 0 Å². The van der Waals surface area contributed by atoms with Crippen LogP contribution in [0.1, 0.15) is 11.3 Å². The molecule has 4 rings (SSSR count). The van der Waals surface area contributed by atoms with Crippen molar-refractivity contribution in [2.24, 2.45) is 0 Å². The summed E-state index contributed by atoms with van der Waals surface area (Å²) in [5, 5.41) is 3.96. The van der Waals surface area contributed by atoms with Crippen molar-refractivity contribution < 1.29 is 4.79 Å². The van der Waals surface area contributed by atoms with E-state index in [0.29, 0.717) is 5.57 Å². The Bertz CT molecular complexity index is 947. The quantitative estimate of drug-likeness (QED) is 0.657. The molecule has 106 valence electrons. The third-order valence-corrected chi connectivity index (χ3v) is 4.17. The Morgan fingerprint density at radius 2 is 1.91 bits per heavy atom. The smallest absolute Gasteiger partial charge is 0.256 e.